The number of benzene rings is 1. The van der Waals surface area contributed by atoms with Gasteiger partial charge in [0.1, 0.15) is 5.75 Å². The smallest absolute Gasteiger partial charge is 0.321 e. The molecule has 5 nitrogen and oxygen atoms in total. The molecular formula is C14H20N2O3. The molecule has 0 aliphatic heterocycles. The van der Waals surface area contributed by atoms with E-state index in [1.807, 2.05) is 31.2 Å². The summed E-state index contributed by atoms with van der Waals surface area (Å²) < 4.78 is 5.59. The van der Waals surface area contributed by atoms with E-state index in [2.05, 4.69) is 10.6 Å². The molecule has 1 aromatic rings. The number of amides is 3. The van der Waals surface area contributed by atoms with E-state index in [0.29, 0.717) is 12.3 Å². The quantitative estimate of drug-likeness (QED) is 0.853. The summed E-state index contributed by atoms with van der Waals surface area (Å²) in [6.45, 7) is 5.87. The number of para-hydroxylation sites is 1. The summed E-state index contributed by atoms with van der Waals surface area (Å²) in [5.74, 6) is 0.209. The van der Waals surface area contributed by atoms with Gasteiger partial charge in [0.25, 0.3) is 5.91 Å². The molecule has 1 rings (SSSR count). The van der Waals surface area contributed by atoms with Gasteiger partial charge in [-0.25, -0.2) is 4.79 Å². The molecule has 0 aromatic heterocycles. The lowest BCUT2D eigenvalue weighted by Gasteiger charge is -2.16. The van der Waals surface area contributed by atoms with Crippen LogP contribution in [0.2, 0.25) is 0 Å². The number of rotatable bonds is 5. The maximum atomic E-state index is 11.7. The fourth-order valence-corrected chi connectivity index (χ4v) is 1.57. The molecule has 3 amide bonds. The highest BCUT2D eigenvalue weighted by Crippen LogP contribution is 2.19. The van der Waals surface area contributed by atoms with Crippen molar-refractivity contribution in [3.8, 4) is 5.75 Å². The summed E-state index contributed by atoms with van der Waals surface area (Å²) in [7, 11) is 0. The van der Waals surface area contributed by atoms with Crippen LogP contribution in [-0.4, -0.2) is 24.6 Å². The number of carbonyl (C=O) groups is 2. The third-order valence-corrected chi connectivity index (χ3v) is 2.60. The fourth-order valence-electron chi connectivity index (χ4n) is 1.57. The van der Waals surface area contributed by atoms with Crippen molar-refractivity contribution in [1.29, 1.82) is 0 Å². The summed E-state index contributed by atoms with van der Waals surface area (Å²) in [6.07, 6.45) is 0.0937. The van der Waals surface area contributed by atoms with Crippen LogP contribution in [0.15, 0.2) is 24.3 Å². The number of hydrogen-bond donors (Lipinski definition) is 2. The zero-order chi connectivity index (χ0) is 14.3. The van der Waals surface area contributed by atoms with Crippen LogP contribution in [0.5, 0.6) is 5.75 Å². The normalized spacial score (nSPS) is 11.5. The SMILES string of the molecule is CCNC(=O)NC(=O)[C@H](C)Oc1ccccc1CC. The van der Waals surface area contributed by atoms with Crippen LogP contribution in [-0.2, 0) is 11.2 Å². The lowest BCUT2D eigenvalue weighted by molar-refractivity contribution is -0.126. The van der Waals surface area contributed by atoms with Crippen LogP contribution < -0.4 is 15.4 Å². The van der Waals surface area contributed by atoms with Gasteiger partial charge in [-0.15, -0.1) is 0 Å². The van der Waals surface area contributed by atoms with Gasteiger partial charge in [-0.2, -0.15) is 0 Å². The summed E-state index contributed by atoms with van der Waals surface area (Å²) in [6, 6.07) is 7.03. The molecule has 0 unspecified atom stereocenters. The maximum Gasteiger partial charge on any atom is 0.321 e. The first-order valence-corrected chi connectivity index (χ1v) is 6.41. The van der Waals surface area contributed by atoms with Crippen LogP contribution in [0.3, 0.4) is 0 Å². The minimum atomic E-state index is -0.727. The highest BCUT2D eigenvalue weighted by atomic mass is 16.5. The number of aryl methyl sites for hydroxylation is 1. The van der Waals surface area contributed by atoms with Crippen LogP contribution in [0, 0.1) is 0 Å². The van der Waals surface area contributed by atoms with Crippen LogP contribution in [0.25, 0.3) is 0 Å². The van der Waals surface area contributed by atoms with Gasteiger partial charge >= 0.3 is 6.03 Å². The van der Waals surface area contributed by atoms with Gasteiger partial charge in [-0.1, -0.05) is 25.1 Å². The van der Waals surface area contributed by atoms with E-state index in [1.165, 1.54) is 0 Å². The van der Waals surface area contributed by atoms with Crippen molar-refractivity contribution >= 4 is 11.9 Å². The summed E-state index contributed by atoms with van der Waals surface area (Å²) >= 11 is 0. The second kappa shape index (κ2) is 7.41. The Morgan fingerprint density at radius 3 is 2.58 bits per heavy atom. The number of hydrogen-bond acceptors (Lipinski definition) is 3. The van der Waals surface area contributed by atoms with Gasteiger partial charge in [-0.3, -0.25) is 10.1 Å². The van der Waals surface area contributed by atoms with Crippen molar-refractivity contribution < 1.29 is 14.3 Å². The Labute approximate surface area is 113 Å². The molecule has 104 valence electrons. The summed E-state index contributed by atoms with van der Waals surface area (Å²) in [4.78, 5) is 23.0. The first-order chi connectivity index (χ1) is 9.08. The highest BCUT2D eigenvalue weighted by molar-refractivity contribution is 5.96. The number of nitrogens with one attached hydrogen (secondary N) is 2. The van der Waals surface area contributed by atoms with Crippen LogP contribution in [0.1, 0.15) is 26.3 Å². The third-order valence-electron chi connectivity index (χ3n) is 2.60. The Balaban J connectivity index is 2.61. The molecule has 0 radical (unpaired) electrons. The second-order valence-corrected chi connectivity index (χ2v) is 4.07. The van der Waals surface area contributed by atoms with E-state index in [0.717, 1.165) is 12.0 Å². The van der Waals surface area contributed by atoms with Gasteiger partial charge in [-0.05, 0) is 31.9 Å². The van der Waals surface area contributed by atoms with E-state index in [-0.39, 0.29) is 0 Å². The monoisotopic (exact) mass is 264 g/mol. The first kappa shape index (κ1) is 15.0. The Morgan fingerprint density at radius 2 is 1.95 bits per heavy atom. The van der Waals surface area contributed by atoms with Gasteiger partial charge < -0.3 is 10.1 Å². The van der Waals surface area contributed by atoms with Crippen LogP contribution >= 0.6 is 0 Å². The molecule has 0 aliphatic rings. The Hall–Kier alpha value is -2.04. The number of carbonyl (C=O) groups excluding carboxylic acids is 2. The predicted octanol–water partition coefficient (Wildman–Crippen LogP) is 1.86. The number of imide groups is 1. The Morgan fingerprint density at radius 1 is 1.26 bits per heavy atom. The maximum absolute atomic E-state index is 11.7. The van der Waals surface area contributed by atoms with E-state index in [9.17, 15) is 9.59 Å². The molecule has 1 aromatic carbocycles. The van der Waals surface area contributed by atoms with Gasteiger partial charge in [0, 0.05) is 6.54 Å². The molecule has 1 atom stereocenters. The van der Waals surface area contributed by atoms with E-state index >= 15 is 0 Å². The van der Waals surface area contributed by atoms with Gasteiger partial charge in [0.05, 0.1) is 0 Å². The Bertz CT molecular complexity index is 446. The number of ether oxygens (including phenoxy) is 1. The molecule has 0 fully saturated rings. The minimum absolute atomic E-state index is 0.461. The average molecular weight is 264 g/mol. The average Bonchev–Trinajstić information content (AvgIpc) is 2.39. The fraction of sp³-hybridized carbons (Fsp3) is 0.429. The van der Waals surface area contributed by atoms with E-state index in [1.54, 1.807) is 13.8 Å². The molecular weight excluding hydrogens is 244 g/mol. The standard InChI is InChI=1S/C14H20N2O3/c1-4-11-8-6-7-9-12(11)19-10(3)13(17)16-14(18)15-5-2/h6-10H,4-5H2,1-3H3,(H2,15,16,17,18)/t10-/m0/s1. The van der Waals surface area contributed by atoms with Crippen molar-refractivity contribution in [1.82, 2.24) is 10.6 Å². The molecule has 0 aliphatic carbocycles. The lowest BCUT2D eigenvalue weighted by atomic mass is 10.1. The van der Waals surface area contributed by atoms with Gasteiger partial charge in [0.15, 0.2) is 6.10 Å². The predicted molar refractivity (Wildman–Crippen MR) is 73.1 cm³/mol. The molecule has 0 saturated carbocycles. The molecule has 0 saturated heterocycles. The molecule has 2 N–H and O–H groups in total. The van der Waals surface area contributed by atoms with Crippen molar-refractivity contribution in [3.63, 3.8) is 0 Å². The van der Waals surface area contributed by atoms with E-state index < -0.39 is 18.0 Å². The lowest BCUT2D eigenvalue weighted by Crippen LogP contribution is -2.45. The van der Waals surface area contributed by atoms with Crippen molar-refractivity contribution in [2.45, 2.75) is 33.3 Å². The van der Waals surface area contributed by atoms with Crippen molar-refractivity contribution in [2.24, 2.45) is 0 Å². The zero-order valence-corrected chi connectivity index (χ0v) is 11.5. The molecule has 0 bridgehead atoms. The first-order valence-electron chi connectivity index (χ1n) is 6.41. The van der Waals surface area contributed by atoms with Crippen LogP contribution in [0.4, 0.5) is 4.79 Å². The highest BCUT2D eigenvalue weighted by Gasteiger charge is 2.17. The second-order valence-electron chi connectivity index (χ2n) is 4.07. The van der Waals surface area contributed by atoms with Crippen molar-refractivity contribution in [2.75, 3.05) is 6.54 Å². The van der Waals surface area contributed by atoms with Crippen molar-refractivity contribution in [3.05, 3.63) is 29.8 Å². The largest absolute Gasteiger partial charge is 0.481 e. The summed E-state index contributed by atoms with van der Waals surface area (Å²) in [5.41, 5.74) is 1.03. The van der Waals surface area contributed by atoms with Gasteiger partial charge in [0.2, 0.25) is 0 Å². The molecule has 19 heavy (non-hydrogen) atoms. The molecule has 0 spiro atoms. The topological polar surface area (TPSA) is 67.4 Å². The zero-order valence-electron chi connectivity index (χ0n) is 11.5. The van der Waals surface area contributed by atoms with E-state index in [4.69, 9.17) is 4.74 Å². The minimum Gasteiger partial charge on any atom is -0.481 e. The summed E-state index contributed by atoms with van der Waals surface area (Å²) in [5, 5.41) is 4.72. The Kier molecular flexibility index (Phi) is 5.85. The third kappa shape index (κ3) is 4.62. The number of urea groups is 1. The molecule has 5 heteroatoms. The molecule has 0 heterocycles.